The maximum absolute atomic E-state index is 13.4. The Morgan fingerprint density at radius 2 is 1.79 bits per heavy atom. The van der Waals surface area contributed by atoms with Gasteiger partial charge >= 0.3 is 0 Å². The summed E-state index contributed by atoms with van der Waals surface area (Å²) >= 11 is 6.15. The molecule has 10 heteroatoms. The molecular weight excluding hydrogens is 488 g/mol. The lowest BCUT2D eigenvalue weighted by Crippen LogP contribution is -2.41. The summed E-state index contributed by atoms with van der Waals surface area (Å²) in [6, 6.07) is 6.69. The van der Waals surface area contributed by atoms with Crippen LogP contribution in [0.2, 0.25) is 5.02 Å². The second-order valence-corrected chi connectivity index (χ2v) is 12.1. The molecule has 0 aromatic heterocycles. The highest BCUT2D eigenvalue weighted by Gasteiger charge is 2.38. The number of aliphatic hydroxyl groups is 2. The summed E-state index contributed by atoms with van der Waals surface area (Å²) < 4.78 is 52.7. The molecule has 0 atom stereocenters. The molecule has 1 fully saturated rings. The predicted octanol–water partition coefficient (Wildman–Crippen LogP) is 4.73. The zero-order chi connectivity index (χ0) is 25.3. The number of amides is 1. The molecule has 0 unspecified atom stereocenters. The van der Waals surface area contributed by atoms with E-state index in [2.05, 4.69) is 5.32 Å². The molecule has 34 heavy (non-hydrogen) atoms. The van der Waals surface area contributed by atoms with Crippen LogP contribution in [0.25, 0.3) is 0 Å². The summed E-state index contributed by atoms with van der Waals surface area (Å²) in [7, 11) is -3.86. The van der Waals surface area contributed by atoms with Crippen molar-refractivity contribution < 1.29 is 32.2 Å². The molecular formula is C24H28ClF2NO5S. The molecule has 0 heterocycles. The van der Waals surface area contributed by atoms with Gasteiger partial charge in [-0.05, 0) is 75.8 Å². The number of hydrogen-bond donors (Lipinski definition) is 3. The van der Waals surface area contributed by atoms with Gasteiger partial charge in [0, 0.05) is 23.7 Å². The molecule has 3 N–H and O–H groups in total. The van der Waals surface area contributed by atoms with Crippen LogP contribution in [0, 0.1) is 17.6 Å². The topological polar surface area (TPSA) is 104 Å². The second kappa shape index (κ2) is 9.89. The number of nitrogens with one attached hydrogen (secondary N) is 1. The van der Waals surface area contributed by atoms with Crippen LogP contribution in [0.5, 0.6) is 0 Å². The molecule has 1 saturated carbocycles. The molecule has 0 aliphatic heterocycles. The van der Waals surface area contributed by atoms with Gasteiger partial charge in [-0.2, -0.15) is 0 Å². The summed E-state index contributed by atoms with van der Waals surface area (Å²) in [5, 5.41) is 23.1. The van der Waals surface area contributed by atoms with Gasteiger partial charge in [0.2, 0.25) is 0 Å². The van der Waals surface area contributed by atoms with Crippen molar-refractivity contribution in [3.8, 4) is 0 Å². The molecule has 6 nitrogen and oxygen atoms in total. The third kappa shape index (κ3) is 6.75. The Balaban J connectivity index is 1.72. The Morgan fingerprint density at radius 3 is 2.38 bits per heavy atom. The molecule has 0 radical (unpaired) electrons. The number of halogens is 3. The van der Waals surface area contributed by atoms with Gasteiger partial charge in [0.1, 0.15) is 0 Å². The number of rotatable bonds is 7. The summed E-state index contributed by atoms with van der Waals surface area (Å²) in [6.07, 6.45) is 1.91. The first-order chi connectivity index (χ1) is 15.7. The quantitative estimate of drug-likeness (QED) is 0.494. The lowest BCUT2D eigenvalue weighted by Gasteiger charge is -2.39. The van der Waals surface area contributed by atoms with Gasteiger partial charge in [-0.25, -0.2) is 17.2 Å². The average Bonchev–Trinajstić information content (AvgIpc) is 2.71. The van der Waals surface area contributed by atoms with Crippen molar-refractivity contribution in [1.82, 2.24) is 0 Å². The maximum atomic E-state index is 13.4. The third-order valence-corrected chi connectivity index (χ3v) is 8.32. The minimum Gasteiger partial charge on any atom is -0.390 e. The SMILES string of the molecule is CC(C)(O)CC1(O)CCC(CS(=O)(=O)c2cc(C(=O)Nc3ccc(F)c(F)c3)ccc2Cl)CC1. The van der Waals surface area contributed by atoms with Crippen molar-refractivity contribution in [2.24, 2.45) is 5.92 Å². The Kier molecular flexibility index (Phi) is 7.72. The van der Waals surface area contributed by atoms with Crippen LogP contribution >= 0.6 is 11.6 Å². The van der Waals surface area contributed by atoms with E-state index in [0.717, 1.165) is 12.1 Å². The number of carbonyl (C=O) groups is 1. The minimum absolute atomic E-state index is 0.00379. The summed E-state index contributed by atoms with van der Waals surface area (Å²) in [6.45, 7) is 3.25. The Bertz CT molecular complexity index is 1170. The van der Waals surface area contributed by atoms with E-state index in [4.69, 9.17) is 11.6 Å². The first-order valence-corrected chi connectivity index (χ1v) is 12.9. The largest absolute Gasteiger partial charge is 0.390 e. The molecule has 0 saturated heterocycles. The summed E-state index contributed by atoms with van der Waals surface area (Å²) in [5.74, 6) is -3.28. The van der Waals surface area contributed by atoms with E-state index in [0.29, 0.717) is 25.7 Å². The molecule has 0 bridgehead atoms. The number of sulfone groups is 1. The van der Waals surface area contributed by atoms with Crippen LogP contribution in [-0.2, 0) is 9.84 Å². The van der Waals surface area contributed by atoms with Crippen LogP contribution in [-0.4, -0.2) is 41.5 Å². The Hall–Kier alpha value is -2.07. The van der Waals surface area contributed by atoms with Crippen LogP contribution in [0.15, 0.2) is 41.3 Å². The monoisotopic (exact) mass is 515 g/mol. The highest BCUT2D eigenvalue weighted by Crippen LogP contribution is 2.38. The molecule has 1 aliphatic carbocycles. The zero-order valence-electron chi connectivity index (χ0n) is 18.9. The van der Waals surface area contributed by atoms with Crippen molar-refractivity contribution in [3.63, 3.8) is 0 Å². The van der Waals surface area contributed by atoms with E-state index in [1.165, 1.54) is 24.3 Å². The summed E-state index contributed by atoms with van der Waals surface area (Å²) in [4.78, 5) is 12.4. The lowest BCUT2D eigenvalue weighted by molar-refractivity contribution is -0.0721. The molecule has 2 aromatic rings. The maximum Gasteiger partial charge on any atom is 0.255 e. The van der Waals surface area contributed by atoms with Crippen molar-refractivity contribution in [3.05, 3.63) is 58.6 Å². The van der Waals surface area contributed by atoms with Gasteiger partial charge in [-0.3, -0.25) is 4.79 Å². The highest BCUT2D eigenvalue weighted by atomic mass is 35.5. The smallest absolute Gasteiger partial charge is 0.255 e. The summed E-state index contributed by atoms with van der Waals surface area (Å²) in [5.41, 5.74) is -2.05. The van der Waals surface area contributed by atoms with Gasteiger partial charge in [0.15, 0.2) is 21.5 Å². The molecule has 2 aromatic carbocycles. The zero-order valence-corrected chi connectivity index (χ0v) is 20.5. The third-order valence-electron chi connectivity index (χ3n) is 5.96. The van der Waals surface area contributed by atoms with E-state index in [-0.39, 0.29) is 39.3 Å². The first kappa shape index (κ1) is 26.5. The average molecular weight is 516 g/mol. The molecule has 0 spiro atoms. The van der Waals surface area contributed by atoms with E-state index in [1.54, 1.807) is 13.8 Å². The molecule has 3 rings (SSSR count). The van der Waals surface area contributed by atoms with E-state index >= 15 is 0 Å². The van der Waals surface area contributed by atoms with Gasteiger partial charge in [-0.1, -0.05) is 11.6 Å². The van der Waals surface area contributed by atoms with Crippen LogP contribution in [0.3, 0.4) is 0 Å². The van der Waals surface area contributed by atoms with Crippen molar-refractivity contribution >= 4 is 33.0 Å². The molecule has 1 amide bonds. The number of carbonyl (C=O) groups excluding carboxylic acids is 1. The normalized spacial score (nSPS) is 21.3. The van der Waals surface area contributed by atoms with Crippen molar-refractivity contribution in [2.75, 3.05) is 11.1 Å². The second-order valence-electron chi connectivity index (χ2n) is 9.67. The van der Waals surface area contributed by atoms with Crippen LogP contribution in [0.4, 0.5) is 14.5 Å². The van der Waals surface area contributed by atoms with Gasteiger partial charge in [0.05, 0.1) is 26.9 Å². The predicted molar refractivity (Wildman–Crippen MR) is 126 cm³/mol. The highest BCUT2D eigenvalue weighted by molar-refractivity contribution is 7.91. The van der Waals surface area contributed by atoms with E-state index < -0.39 is 38.6 Å². The fourth-order valence-electron chi connectivity index (χ4n) is 4.42. The van der Waals surface area contributed by atoms with Gasteiger partial charge in [0.25, 0.3) is 5.91 Å². The number of benzene rings is 2. The molecule has 186 valence electrons. The number of anilines is 1. The standard InChI is InChI=1S/C24H28ClF2NO5S/c1-23(2,30)14-24(31)9-7-15(8-10-24)13-34(32,33)21-11-16(3-5-18(21)25)22(29)28-17-4-6-19(26)20(27)12-17/h3-6,11-12,15,30-31H,7-10,13-14H2,1-2H3,(H,28,29). The van der Waals surface area contributed by atoms with E-state index in [9.17, 15) is 32.2 Å². The van der Waals surface area contributed by atoms with Crippen LogP contribution in [0.1, 0.15) is 56.3 Å². The van der Waals surface area contributed by atoms with Crippen LogP contribution < -0.4 is 5.32 Å². The van der Waals surface area contributed by atoms with Crippen molar-refractivity contribution in [2.45, 2.75) is 62.0 Å². The minimum atomic E-state index is -3.86. The van der Waals surface area contributed by atoms with Gasteiger partial charge in [-0.15, -0.1) is 0 Å². The number of hydrogen-bond acceptors (Lipinski definition) is 5. The molecule has 1 aliphatic rings. The van der Waals surface area contributed by atoms with E-state index in [1.807, 2.05) is 0 Å². The Morgan fingerprint density at radius 1 is 1.15 bits per heavy atom. The van der Waals surface area contributed by atoms with Gasteiger partial charge < -0.3 is 15.5 Å². The van der Waals surface area contributed by atoms with Crippen molar-refractivity contribution in [1.29, 1.82) is 0 Å². The fourth-order valence-corrected chi connectivity index (χ4v) is 6.70. The lowest BCUT2D eigenvalue weighted by atomic mass is 9.75. The Labute approximate surface area is 202 Å². The fraction of sp³-hybridized carbons (Fsp3) is 0.458. The first-order valence-electron chi connectivity index (χ1n) is 10.9.